The van der Waals surface area contributed by atoms with E-state index in [9.17, 15) is 0 Å². The molecule has 0 N–H and O–H groups in total. The lowest BCUT2D eigenvalue weighted by Crippen LogP contribution is -2.40. The van der Waals surface area contributed by atoms with Gasteiger partial charge in [-0.25, -0.2) is 10.0 Å². The SMILES string of the molecule is C1=CC2c3cc(N4c5ccc(S(c6ccccc6)(c6ccccc6)c6ccccc6)cc5N5C=CC=CN54)ccc3N(c3cccc(S(c4ccccc4)(c4ccccc4)c4ccc5c(c4)oc4ccccc45)c3)C2C=C1. The van der Waals surface area contributed by atoms with Gasteiger partial charge >= 0.3 is 0 Å². The van der Waals surface area contributed by atoms with E-state index >= 15 is 0 Å². The molecule has 0 spiro atoms. The molecule has 0 radical (unpaired) electrons. The molecule has 5 nitrogen and oxygen atoms in total. The van der Waals surface area contributed by atoms with Crippen molar-refractivity contribution < 1.29 is 4.42 Å². The second kappa shape index (κ2) is 18.3. The average molecular weight is 1030 g/mol. The lowest BCUT2D eigenvalue weighted by Gasteiger charge is -2.42. The Morgan fingerprint density at radius 1 is 0.338 bits per heavy atom. The monoisotopic (exact) mass is 1030 g/mol. The van der Waals surface area contributed by atoms with Gasteiger partial charge in [-0.3, -0.25) is 0 Å². The summed E-state index contributed by atoms with van der Waals surface area (Å²) < 4.78 is 6.64. The van der Waals surface area contributed by atoms with Crippen molar-refractivity contribution in [3.63, 3.8) is 0 Å². The highest BCUT2D eigenvalue weighted by Gasteiger charge is 2.42. The smallest absolute Gasteiger partial charge is 0.136 e. The lowest BCUT2D eigenvalue weighted by molar-refractivity contribution is 0.408. The Balaban J connectivity index is 0.869. The maximum atomic E-state index is 6.64. The van der Waals surface area contributed by atoms with Crippen LogP contribution in [0.4, 0.5) is 28.4 Å². The molecule has 77 heavy (non-hydrogen) atoms. The van der Waals surface area contributed by atoms with Crippen molar-refractivity contribution in [2.24, 2.45) is 0 Å². The molecule has 0 saturated carbocycles. The van der Waals surface area contributed by atoms with Crippen LogP contribution in [-0.2, 0) is 0 Å². The molecule has 2 atom stereocenters. The number of anilines is 5. The van der Waals surface area contributed by atoms with Crippen LogP contribution in [0.1, 0.15) is 11.5 Å². The molecular weight excluding hydrogens is 977 g/mol. The number of allylic oxidation sites excluding steroid dienone is 4. The summed E-state index contributed by atoms with van der Waals surface area (Å²) >= 11 is 0. The standard InChI is InChI=1S/C70H52N4OS2/c1-6-24-53(25-7-1)76(54-26-8-2-9-27-54,55-28-10-3-11-29-55)59-41-44-67-68(49-59)71-45-20-21-46-72(71)74(67)52-39-43-66-64(48-52)61-35-16-18-37-65(61)73(66)51-23-22-34-58(47-51)77(56-30-12-4-13-31-56,57-32-14-5-15-33-57)60-40-42-63-62-36-17-19-38-69(62)75-70(63)50-60/h1-50,61,65H. The van der Waals surface area contributed by atoms with E-state index in [1.54, 1.807) is 0 Å². The molecule has 7 heteroatoms. The van der Waals surface area contributed by atoms with Gasteiger partial charge in [-0.1, -0.05) is 140 Å². The number of furan rings is 1. The minimum absolute atomic E-state index is 0.0815. The molecule has 0 amide bonds. The number of para-hydroxylation sites is 1. The predicted octanol–water partition coefficient (Wildman–Crippen LogP) is 19.1. The van der Waals surface area contributed by atoms with Gasteiger partial charge in [0.25, 0.3) is 0 Å². The van der Waals surface area contributed by atoms with Gasteiger partial charge in [0.2, 0.25) is 0 Å². The Hall–Kier alpha value is -9.14. The first-order valence-electron chi connectivity index (χ1n) is 26.3. The summed E-state index contributed by atoms with van der Waals surface area (Å²) in [6.45, 7) is 0. The summed E-state index contributed by atoms with van der Waals surface area (Å²) in [7, 11) is -3.97. The van der Waals surface area contributed by atoms with Crippen LogP contribution in [0.15, 0.2) is 347 Å². The molecule has 15 rings (SSSR count). The van der Waals surface area contributed by atoms with Gasteiger partial charge in [0, 0.05) is 79.6 Å². The zero-order chi connectivity index (χ0) is 50.9. The maximum absolute atomic E-state index is 6.64. The van der Waals surface area contributed by atoms with Crippen LogP contribution in [-0.4, -0.2) is 11.2 Å². The molecule has 1 aromatic heterocycles. The number of nitrogens with zero attached hydrogens (tertiary/aromatic N) is 4. The molecule has 10 aromatic carbocycles. The highest BCUT2D eigenvalue weighted by Crippen LogP contribution is 2.75. The highest BCUT2D eigenvalue weighted by molar-refractivity contribution is 8.34. The first-order valence-corrected chi connectivity index (χ1v) is 29.6. The van der Waals surface area contributed by atoms with Crippen molar-refractivity contribution >= 4 is 70.4 Å². The molecule has 370 valence electrons. The Morgan fingerprint density at radius 2 is 0.857 bits per heavy atom. The minimum Gasteiger partial charge on any atom is -0.456 e. The molecule has 3 aliphatic heterocycles. The van der Waals surface area contributed by atoms with Gasteiger partial charge in [-0.2, -0.15) is 5.12 Å². The maximum Gasteiger partial charge on any atom is 0.136 e. The van der Waals surface area contributed by atoms with Crippen molar-refractivity contribution in [1.29, 1.82) is 0 Å². The summed E-state index contributed by atoms with van der Waals surface area (Å²) in [6, 6.07) is 94.6. The molecule has 0 bridgehead atoms. The van der Waals surface area contributed by atoms with E-state index in [-0.39, 0.29) is 12.0 Å². The second-order valence-electron chi connectivity index (χ2n) is 19.8. The predicted molar refractivity (Wildman–Crippen MR) is 318 cm³/mol. The van der Waals surface area contributed by atoms with E-state index in [0.29, 0.717) is 0 Å². The third-order valence-electron chi connectivity index (χ3n) is 15.7. The summed E-state index contributed by atoms with van der Waals surface area (Å²) in [5, 5.41) is 9.18. The summed E-state index contributed by atoms with van der Waals surface area (Å²) in [6.07, 6.45) is 17.8. The van der Waals surface area contributed by atoms with Crippen molar-refractivity contribution in [2.45, 2.75) is 51.1 Å². The first-order chi connectivity index (χ1) is 38.2. The van der Waals surface area contributed by atoms with Crippen molar-refractivity contribution in [3.8, 4) is 0 Å². The summed E-state index contributed by atoms with van der Waals surface area (Å²) in [5.74, 6) is 0.138. The summed E-state index contributed by atoms with van der Waals surface area (Å²) in [4.78, 5) is 12.8. The van der Waals surface area contributed by atoms with Crippen LogP contribution in [0.3, 0.4) is 0 Å². The Bertz CT molecular complexity index is 4020. The number of hydrogen-bond donors (Lipinski definition) is 0. The third-order valence-corrected chi connectivity index (χ3v) is 23.5. The van der Waals surface area contributed by atoms with Gasteiger partial charge < -0.3 is 9.32 Å². The number of rotatable bonds is 10. The Morgan fingerprint density at radius 3 is 1.52 bits per heavy atom. The zero-order valence-corrected chi connectivity index (χ0v) is 43.7. The molecule has 2 unspecified atom stereocenters. The number of hydrogen-bond acceptors (Lipinski definition) is 5. The van der Waals surface area contributed by atoms with Crippen molar-refractivity contribution in [3.05, 3.63) is 309 Å². The van der Waals surface area contributed by atoms with Gasteiger partial charge in [-0.05, 0) is 157 Å². The molecule has 1 aliphatic carbocycles. The number of fused-ring (bicyclic) bond motifs is 9. The van der Waals surface area contributed by atoms with Crippen molar-refractivity contribution in [1.82, 2.24) is 5.12 Å². The topological polar surface area (TPSA) is 26.1 Å². The Kier molecular flexibility index (Phi) is 10.8. The van der Waals surface area contributed by atoms with E-state index in [0.717, 1.165) is 44.7 Å². The van der Waals surface area contributed by atoms with E-state index in [2.05, 4.69) is 318 Å². The Labute approximate surface area is 452 Å². The molecule has 0 fully saturated rings. The van der Waals surface area contributed by atoms with Gasteiger partial charge in [0.15, 0.2) is 0 Å². The van der Waals surface area contributed by atoms with E-state index in [1.165, 1.54) is 50.4 Å². The van der Waals surface area contributed by atoms with Crippen LogP contribution in [0, 0.1) is 0 Å². The average Bonchev–Trinajstić information content (AvgIpc) is 4.37. The fourth-order valence-corrected chi connectivity index (χ4v) is 20.2. The zero-order valence-electron chi connectivity index (χ0n) is 42.0. The largest absolute Gasteiger partial charge is 0.456 e. The van der Waals surface area contributed by atoms with Gasteiger partial charge in [0.1, 0.15) is 11.2 Å². The number of hydrazine groups is 2. The number of benzene rings is 10. The van der Waals surface area contributed by atoms with Crippen LogP contribution < -0.4 is 14.9 Å². The molecule has 4 heterocycles. The molecule has 11 aromatic rings. The van der Waals surface area contributed by atoms with Crippen molar-refractivity contribution in [2.75, 3.05) is 14.9 Å². The van der Waals surface area contributed by atoms with Gasteiger partial charge in [0.05, 0.1) is 23.1 Å². The molecule has 4 aliphatic rings. The fourth-order valence-electron chi connectivity index (χ4n) is 12.4. The van der Waals surface area contributed by atoms with E-state index in [4.69, 9.17) is 4.42 Å². The minimum atomic E-state index is -2.06. The highest BCUT2D eigenvalue weighted by atomic mass is 32.3. The lowest BCUT2D eigenvalue weighted by atomic mass is 9.91. The first kappa shape index (κ1) is 45.3. The van der Waals surface area contributed by atoms with Crippen LogP contribution >= 0.6 is 20.1 Å². The normalized spacial score (nSPS) is 16.7. The van der Waals surface area contributed by atoms with Crippen LogP contribution in [0.25, 0.3) is 21.9 Å². The van der Waals surface area contributed by atoms with Crippen LogP contribution in [0.5, 0.6) is 0 Å². The fraction of sp³-hybridized carbons (Fsp3) is 0.0286. The van der Waals surface area contributed by atoms with E-state index in [1.807, 2.05) is 6.07 Å². The van der Waals surface area contributed by atoms with Gasteiger partial charge in [-0.15, -0.1) is 20.1 Å². The van der Waals surface area contributed by atoms with E-state index < -0.39 is 20.1 Å². The molecular formula is C70H52N4OS2. The quantitative estimate of drug-likeness (QED) is 0.136. The summed E-state index contributed by atoms with van der Waals surface area (Å²) in [5.41, 5.74) is 8.82. The third kappa shape index (κ3) is 6.97. The van der Waals surface area contributed by atoms with Crippen LogP contribution in [0.2, 0.25) is 0 Å². The molecule has 0 saturated heterocycles. The second-order valence-corrected chi connectivity index (χ2v) is 26.0.